The lowest BCUT2D eigenvalue weighted by molar-refractivity contribution is -0.397. The molecule has 0 saturated carbocycles. The van der Waals surface area contributed by atoms with Crippen LogP contribution in [0.1, 0.15) is 152 Å². The Morgan fingerprint density at radius 2 is 0.295 bits per heavy atom. The zero-order chi connectivity index (χ0) is 109. The van der Waals surface area contributed by atoms with Crippen LogP contribution < -0.4 is 0 Å². The molecular weight excluding hydrogens is 1990 g/mol. The molecule has 0 aromatic carbocycles. The second kappa shape index (κ2) is 55.6. The van der Waals surface area contributed by atoms with Crippen LogP contribution in [0, 0.1) is 0 Å². The zero-order valence-corrected chi connectivity index (χ0v) is 82.8. The van der Waals surface area contributed by atoms with E-state index < -0.39 is 392 Å². The van der Waals surface area contributed by atoms with E-state index in [-0.39, 0.29) is 0 Å². The van der Waals surface area contributed by atoms with Gasteiger partial charge < -0.3 is 166 Å². The van der Waals surface area contributed by atoms with Gasteiger partial charge in [-0.05, 0) is 5.53 Å². The van der Waals surface area contributed by atoms with Crippen LogP contribution >= 0.6 is 0 Å². The Bertz CT molecular complexity index is 4690. The highest BCUT2D eigenvalue weighted by Crippen LogP contribution is 2.45. The van der Waals surface area contributed by atoms with Gasteiger partial charge in [-0.3, -0.25) is 105 Å². The number of carbonyl (C=O) groups excluding carboxylic acids is 22. The van der Waals surface area contributed by atoms with E-state index in [1.165, 1.54) is 0 Å². The maximum Gasteiger partial charge on any atom is 0.303 e. The number of carbonyl (C=O) groups is 22. The van der Waals surface area contributed by atoms with Crippen LogP contribution in [0.5, 0.6) is 0 Å². The Labute approximate surface area is 828 Å². The monoisotopic (exact) mass is 2100 g/mol. The lowest BCUT2D eigenvalue weighted by atomic mass is 9.94. The van der Waals surface area contributed by atoms with Crippen molar-refractivity contribution in [2.24, 2.45) is 5.11 Å². The van der Waals surface area contributed by atoms with Crippen molar-refractivity contribution < 1.29 is 271 Å². The smallest absolute Gasteiger partial charge is 0.303 e. The Balaban J connectivity index is 1.40. The van der Waals surface area contributed by atoms with E-state index in [1.54, 1.807) is 0 Å². The number of ether oxygens (including phenoxy) is 35. The van der Waals surface area contributed by atoms with E-state index in [0.717, 1.165) is 152 Å². The molecule has 0 aliphatic carbocycles. The van der Waals surface area contributed by atoms with Crippen molar-refractivity contribution in [3.63, 3.8) is 0 Å². The first-order chi connectivity index (χ1) is 68.4. The van der Waals surface area contributed by atoms with Gasteiger partial charge in [0.25, 0.3) is 0 Å². The van der Waals surface area contributed by atoms with Gasteiger partial charge in [0, 0.05) is 157 Å². The van der Waals surface area contributed by atoms with Gasteiger partial charge >= 0.3 is 131 Å². The molecule has 0 radical (unpaired) electrons. The number of azide groups is 1. The molecule has 7 aliphatic heterocycles. The van der Waals surface area contributed by atoms with Gasteiger partial charge in [-0.2, -0.15) is 0 Å². The Kier molecular flexibility index (Phi) is 45.7. The molecule has 0 unspecified atom stereocenters. The van der Waals surface area contributed by atoms with E-state index in [0.29, 0.717) is 0 Å². The Morgan fingerprint density at radius 1 is 0.171 bits per heavy atom. The highest BCUT2D eigenvalue weighted by atomic mass is 16.8. The molecule has 60 nitrogen and oxygen atoms in total. The van der Waals surface area contributed by atoms with Crippen molar-refractivity contribution in [3.8, 4) is 0 Å². The van der Waals surface area contributed by atoms with Gasteiger partial charge in [0.1, 0.15) is 126 Å². The summed E-state index contributed by atoms with van der Waals surface area (Å²) in [5, 5.41) is 3.52. The molecule has 146 heavy (non-hydrogen) atoms. The summed E-state index contributed by atoms with van der Waals surface area (Å²) in [5.74, 6) is -26.0. The van der Waals surface area contributed by atoms with Crippen LogP contribution in [0.2, 0.25) is 0 Å². The van der Waals surface area contributed by atoms with Gasteiger partial charge in [0.05, 0.1) is 0 Å². The summed E-state index contributed by atoms with van der Waals surface area (Å²) in [6.45, 7) is 11.5. The maximum atomic E-state index is 14.0. The summed E-state index contributed by atoms with van der Waals surface area (Å²) in [6.07, 6.45) is -76.9. The van der Waals surface area contributed by atoms with Crippen LogP contribution in [0.4, 0.5) is 0 Å². The van der Waals surface area contributed by atoms with Crippen molar-refractivity contribution in [1.82, 2.24) is 0 Å². The highest BCUT2D eigenvalue weighted by Gasteiger charge is 2.66. The predicted octanol–water partition coefficient (Wildman–Crippen LogP) is -2.40. The van der Waals surface area contributed by atoms with Crippen molar-refractivity contribution >= 4 is 131 Å². The van der Waals surface area contributed by atoms with Gasteiger partial charge in [0.15, 0.2) is 136 Å². The fourth-order valence-corrected chi connectivity index (χ4v) is 16.1. The third-order valence-corrected chi connectivity index (χ3v) is 20.8. The minimum Gasteiger partial charge on any atom is -0.463 e. The van der Waals surface area contributed by atoms with E-state index in [2.05, 4.69) is 10.0 Å². The fraction of sp³-hybridized carbons (Fsp3) is 0.744. The molecule has 0 spiro atoms. The molecule has 7 heterocycles. The normalized spacial score (nSPS) is 32.9. The molecule has 35 atom stereocenters. The zero-order valence-electron chi connectivity index (χ0n) is 82.8. The Morgan fingerprint density at radius 3 is 0.445 bits per heavy atom. The summed E-state index contributed by atoms with van der Waals surface area (Å²) in [4.78, 5) is 296. The molecule has 7 aliphatic rings. The number of hydrogen-bond donors (Lipinski definition) is 0. The van der Waals surface area contributed by atoms with E-state index in [4.69, 9.17) is 166 Å². The van der Waals surface area contributed by atoms with E-state index >= 15 is 0 Å². The van der Waals surface area contributed by atoms with Crippen LogP contribution in [-0.2, 0) is 271 Å². The van der Waals surface area contributed by atoms with Crippen LogP contribution in [0.15, 0.2) is 5.11 Å². The lowest BCUT2D eigenvalue weighted by Crippen LogP contribution is -2.70. The SMILES string of the molecule is CC(=O)OC[C@H]1O[C@@H](N=[N+]=[N-])[C@H](OC(C)=O)[C@@H](OC(C)=O)[C@@H]1O[C@H]1O[C@H](COC(C)=O)[C@@H](O[C@H]2O[C@H](COC(C)=O)[C@@H](O[C@H]3O[C@H](COC(C)=O)[C@@H](O[C@H]4O[C@H](COC(C)=O)[C@@H](O[C@H]5O[C@H](COC(C)=O)[C@@H](O[C@H]6O[C@H](COC(C)=O)[C@@H](OC(C)=O)[C@H](OC(C)=O)[C@H]6OC(C)=O)[C@H](OC(C)=O)[C@H]5OC(C)=O)[C@H](OC(C)=O)[C@H]4OC(C)=O)[C@H](OC(C)=O)[C@H]3OC(C)=O)[C@H](OC(C)=O)[C@H]2OC(C)=O)[C@H](OC(C)=O)[C@H]1OC(C)=O. The summed E-state index contributed by atoms with van der Waals surface area (Å²) < 4.78 is 209. The van der Waals surface area contributed by atoms with Crippen LogP contribution in [-0.4, -0.2) is 392 Å². The van der Waals surface area contributed by atoms with Gasteiger partial charge in [-0.15, -0.1) is 0 Å². The molecule has 816 valence electrons. The predicted molar refractivity (Wildman–Crippen MR) is 449 cm³/mol. The fourth-order valence-electron chi connectivity index (χ4n) is 16.1. The highest BCUT2D eigenvalue weighted by molar-refractivity contribution is 5.74. The van der Waals surface area contributed by atoms with Crippen LogP contribution in [0.25, 0.3) is 10.4 Å². The Hall–Kier alpha value is -12.9. The third-order valence-electron chi connectivity index (χ3n) is 20.8. The minimum absolute atomic E-state index is 0.772. The topological polar surface area (TPSA) is 747 Å². The molecule has 7 rings (SSSR count). The average Bonchev–Trinajstić information content (AvgIpc) is 0.753. The first-order valence-electron chi connectivity index (χ1n) is 44.5. The van der Waals surface area contributed by atoms with Gasteiger partial charge in [-0.1, -0.05) is 5.11 Å². The number of hydrogen-bond acceptors (Lipinski definition) is 58. The van der Waals surface area contributed by atoms with Gasteiger partial charge in [0.2, 0.25) is 0 Å². The third kappa shape index (κ3) is 35.8. The standard InChI is InChI=1S/C86H115N3O57/c1-30(90)112-23-52-60(66(120-38(9)98)73(127-45(16)105)80(134-52)88-89-87)141-82-75(129-47(18)107)68(122-40(11)100)62(54(136-82)25-114-32(3)92)143-84-77(131-49(20)109)70(124-42(13)102)64(56(138-84)27-116-34(5)94)145-86-79(133-51(22)111)72(126-44(15)104)65(58(140-86)29-118-36(7)96)146-85-78(132-50(21)110)71(125-43(14)103)63(57(139-85)28-117-35(6)95)144-83-76(130-48(19)108)69(123-41(12)101)61(55(137-83)26-115-33(4)93)142-81-74(128-46(17)106)67(121-39(10)99)59(119-37(8)97)53(135-81)24-113-31(2)91/h52-86H,23-29H2,1-22H3/t52-,53-,54-,55-,56-,57-,58-,59-,60-,61-,62-,63-,64-,65-,66+,67+,68+,69+,70+,71+,72+,73-,74-,75-,76-,77-,78-,79-,80-,81-,82-,83-,84-,85-,86-/m1/s1. The molecular formula is C86H115N3O57. The number of esters is 22. The molecule has 0 amide bonds. The minimum atomic E-state index is -2.50. The van der Waals surface area contributed by atoms with Crippen LogP contribution in [0.3, 0.4) is 0 Å². The summed E-state index contributed by atoms with van der Waals surface area (Å²) in [6, 6.07) is 0. The molecule has 7 saturated heterocycles. The first kappa shape index (κ1) is 120. The van der Waals surface area contributed by atoms with E-state index in [1.807, 2.05) is 0 Å². The maximum absolute atomic E-state index is 14.0. The molecule has 0 N–H and O–H groups in total. The molecule has 0 bridgehead atoms. The average molecular weight is 2100 g/mol. The molecule has 7 fully saturated rings. The second-order valence-corrected chi connectivity index (χ2v) is 32.9. The molecule has 0 aromatic heterocycles. The first-order valence-corrected chi connectivity index (χ1v) is 44.5. The van der Waals surface area contributed by atoms with Gasteiger partial charge in [-0.25, -0.2) is 0 Å². The van der Waals surface area contributed by atoms with Crippen molar-refractivity contribution in [1.29, 1.82) is 0 Å². The molecule has 60 heteroatoms. The largest absolute Gasteiger partial charge is 0.463 e. The summed E-state index contributed by atoms with van der Waals surface area (Å²) in [7, 11) is 0. The van der Waals surface area contributed by atoms with Crippen molar-refractivity contribution in [2.45, 2.75) is 367 Å². The van der Waals surface area contributed by atoms with Crippen molar-refractivity contribution in [2.75, 3.05) is 46.2 Å². The number of rotatable bonds is 42. The van der Waals surface area contributed by atoms with Crippen molar-refractivity contribution in [3.05, 3.63) is 10.4 Å². The summed E-state index contributed by atoms with van der Waals surface area (Å²) in [5.41, 5.74) is 9.65. The quantitative estimate of drug-likeness (QED) is 0.0202. The lowest BCUT2D eigenvalue weighted by Gasteiger charge is -2.52. The van der Waals surface area contributed by atoms with E-state index in [9.17, 15) is 111 Å². The second-order valence-electron chi connectivity index (χ2n) is 32.9. The summed E-state index contributed by atoms with van der Waals surface area (Å²) >= 11 is 0. The molecule has 0 aromatic rings. The number of nitrogens with zero attached hydrogens (tertiary/aromatic N) is 3.